The normalized spacial score (nSPS) is 11.4. The monoisotopic (exact) mass is 410 g/mol. The summed E-state index contributed by atoms with van der Waals surface area (Å²) >= 11 is 1.49. The van der Waals surface area contributed by atoms with Crippen LogP contribution in [0, 0.1) is 17.0 Å². The van der Waals surface area contributed by atoms with Crippen molar-refractivity contribution in [3.63, 3.8) is 0 Å². The van der Waals surface area contributed by atoms with E-state index in [0.717, 1.165) is 21.3 Å². The highest BCUT2D eigenvalue weighted by Crippen LogP contribution is 2.29. The van der Waals surface area contributed by atoms with E-state index in [1.807, 2.05) is 38.1 Å². The Bertz CT molecular complexity index is 1060. The van der Waals surface area contributed by atoms with E-state index in [4.69, 9.17) is 0 Å². The first-order chi connectivity index (χ1) is 13.8. The number of rotatable bonds is 7. The molecule has 1 aromatic heterocycles. The molecule has 29 heavy (non-hydrogen) atoms. The van der Waals surface area contributed by atoms with Crippen LogP contribution in [0.15, 0.2) is 48.5 Å². The summed E-state index contributed by atoms with van der Waals surface area (Å²) < 4.78 is 1.04. The summed E-state index contributed by atoms with van der Waals surface area (Å²) in [5.41, 5.74) is 2.76. The van der Waals surface area contributed by atoms with E-state index in [-0.39, 0.29) is 11.6 Å². The van der Waals surface area contributed by atoms with Gasteiger partial charge in [-0.15, -0.1) is 0 Å². The van der Waals surface area contributed by atoms with Crippen molar-refractivity contribution in [3.05, 3.63) is 69.8 Å². The van der Waals surface area contributed by atoms with E-state index in [0.29, 0.717) is 18.2 Å². The molecule has 150 valence electrons. The molecule has 0 saturated carbocycles. The van der Waals surface area contributed by atoms with Gasteiger partial charge in [0.25, 0.3) is 11.6 Å². The Kier molecular flexibility index (Phi) is 6.36. The molecule has 0 unspecified atom stereocenters. The summed E-state index contributed by atoms with van der Waals surface area (Å²) in [5, 5.41) is 11.4. The molecule has 3 aromatic rings. The fourth-order valence-corrected chi connectivity index (χ4v) is 3.80. The van der Waals surface area contributed by atoms with Gasteiger partial charge in [0, 0.05) is 31.3 Å². The second kappa shape index (κ2) is 8.93. The zero-order chi connectivity index (χ0) is 21.0. The SMILES string of the molecule is Cc1ccc2nc(N(CCN(C)C)C(=O)/C=C\c3ccc([N+](=O)[O-])cc3)sc2c1. The molecule has 0 N–H and O–H groups in total. The van der Waals surface area contributed by atoms with E-state index in [2.05, 4.69) is 11.1 Å². The zero-order valence-electron chi connectivity index (χ0n) is 16.5. The Balaban J connectivity index is 1.84. The first-order valence-corrected chi connectivity index (χ1v) is 9.91. The van der Waals surface area contributed by atoms with Gasteiger partial charge >= 0.3 is 0 Å². The molecule has 0 bridgehead atoms. The van der Waals surface area contributed by atoms with E-state index in [1.165, 1.54) is 29.5 Å². The molecule has 0 radical (unpaired) electrons. The molecular weight excluding hydrogens is 388 g/mol. The number of fused-ring (bicyclic) bond motifs is 1. The number of nitro groups is 1. The van der Waals surface area contributed by atoms with Gasteiger partial charge in [-0.3, -0.25) is 19.8 Å². The molecule has 0 atom stereocenters. The van der Waals surface area contributed by atoms with Crippen LogP contribution in [0.5, 0.6) is 0 Å². The maximum atomic E-state index is 12.9. The number of nitrogens with zero attached hydrogens (tertiary/aromatic N) is 4. The van der Waals surface area contributed by atoms with Crippen molar-refractivity contribution in [2.24, 2.45) is 0 Å². The van der Waals surface area contributed by atoms with Gasteiger partial charge < -0.3 is 4.90 Å². The summed E-state index contributed by atoms with van der Waals surface area (Å²) in [7, 11) is 3.91. The van der Waals surface area contributed by atoms with Crippen LogP contribution >= 0.6 is 11.3 Å². The summed E-state index contributed by atoms with van der Waals surface area (Å²) in [6.45, 7) is 3.24. The van der Waals surface area contributed by atoms with Gasteiger partial charge in [-0.25, -0.2) is 4.98 Å². The van der Waals surface area contributed by atoms with Crippen LogP contribution in [0.1, 0.15) is 11.1 Å². The summed E-state index contributed by atoms with van der Waals surface area (Å²) in [4.78, 5) is 31.6. The predicted octanol–water partition coefficient (Wildman–Crippen LogP) is 4.12. The lowest BCUT2D eigenvalue weighted by Gasteiger charge is -2.20. The molecule has 0 saturated heterocycles. The number of likely N-dealkylation sites (N-methyl/N-ethyl adjacent to an activating group) is 1. The quantitative estimate of drug-likeness (QED) is 0.333. The predicted molar refractivity (Wildman–Crippen MR) is 117 cm³/mol. The molecule has 0 fully saturated rings. The third kappa shape index (κ3) is 5.24. The minimum Gasteiger partial charge on any atom is -0.308 e. The molecule has 0 aliphatic heterocycles. The van der Waals surface area contributed by atoms with Crippen LogP contribution < -0.4 is 4.90 Å². The third-order valence-electron chi connectivity index (χ3n) is 4.32. The second-order valence-electron chi connectivity index (χ2n) is 6.94. The van der Waals surface area contributed by atoms with Crippen molar-refractivity contribution in [1.29, 1.82) is 0 Å². The summed E-state index contributed by atoms with van der Waals surface area (Å²) in [6.07, 6.45) is 3.14. The van der Waals surface area contributed by atoms with Crippen LogP contribution in [-0.4, -0.2) is 47.9 Å². The highest BCUT2D eigenvalue weighted by Gasteiger charge is 2.18. The van der Waals surface area contributed by atoms with E-state index < -0.39 is 4.92 Å². The van der Waals surface area contributed by atoms with Crippen molar-refractivity contribution < 1.29 is 9.72 Å². The third-order valence-corrected chi connectivity index (χ3v) is 5.36. The number of nitro benzene ring substituents is 1. The second-order valence-corrected chi connectivity index (χ2v) is 7.95. The molecule has 7 nitrogen and oxygen atoms in total. The molecule has 0 spiro atoms. The Morgan fingerprint density at radius 1 is 1.17 bits per heavy atom. The molecule has 8 heteroatoms. The van der Waals surface area contributed by atoms with Crippen LogP contribution in [0.4, 0.5) is 10.8 Å². The van der Waals surface area contributed by atoms with Gasteiger partial charge in [0.15, 0.2) is 5.13 Å². The van der Waals surface area contributed by atoms with Gasteiger partial charge in [0.1, 0.15) is 0 Å². The number of non-ortho nitro benzene ring substituents is 1. The first-order valence-electron chi connectivity index (χ1n) is 9.09. The molecule has 3 rings (SSSR count). The maximum Gasteiger partial charge on any atom is 0.269 e. The number of benzene rings is 2. The Hall–Kier alpha value is -3.10. The van der Waals surface area contributed by atoms with Crippen LogP contribution in [-0.2, 0) is 4.79 Å². The number of anilines is 1. The number of hydrogen-bond acceptors (Lipinski definition) is 6. The lowest BCUT2D eigenvalue weighted by molar-refractivity contribution is -0.384. The Labute approximate surface area is 173 Å². The lowest BCUT2D eigenvalue weighted by atomic mass is 10.2. The number of hydrogen-bond donors (Lipinski definition) is 0. The van der Waals surface area contributed by atoms with E-state index in [9.17, 15) is 14.9 Å². The lowest BCUT2D eigenvalue weighted by Crippen LogP contribution is -2.35. The largest absolute Gasteiger partial charge is 0.308 e. The highest BCUT2D eigenvalue weighted by molar-refractivity contribution is 7.22. The van der Waals surface area contributed by atoms with Gasteiger partial charge in [-0.1, -0.05) is 17.4 Å². The van der Waals surface area contributed by atoms with Crippen molar-refractivity contribution in [3.8, 4) is 0 Å². The minimum absolute atomic E-state index is 0.0193. The molecular formula is C21H22N4O3S. The number of thiazole rings is 1. The fourth-order valence-electron chi connectivity index (χ4n) is 2.70. The van der Waals surface area contributed by atoms with Crippen molar-refractivity contribution in [2.45, 2.75) is 6.92 Å². The number of aryl methyl sites for hydroxylation is 1. The zero-order valence-corrected chi connectivity index (χ0v) is 17.3. The van der Waals surface area contributed by atoms with Gasteiger partial charge in [0.2, 0.25) is 0 Å². The standard InChI is InChI=1S/C21H22N4O3S/c1-15-4-10-18-19(14-15)29-21(22-18)24(13-12-23(2)3)20(26)11-7-16-5-8-17(9-6-16)25(27)28/h4-11,14H,12-13H2,1-3H3/b11-7-. The van der Waals surface area contributed by atoms with E-state index in [1.54, 1.807) is 23.1 Å². The number of carbonyl (C=O) groups excluding carboxylic acids is 1. The number of aromatic nitrogens is 1. The van der Waals surface area contributed by atoms with Gasteiger partial charge in [0.05, 0.1) is 15.1 Å². The maximum absolute atomic E-state index is 12.9. The molecule has 1 heterocycles. The average molecular weight is 410 g/mol. The van der Waals surface area contributed by atoms with Crippen molar-refractivity contribution in [2.75, 3.05) is 32.1 Å². The average Bonchev–Trinajstić information content (AvgIpc) is 3.09. The molecule has 0 aliphatic rings. The number of amides is 1. The number of carbonyl (C=O) groups is 1. The first kappa shape index (κ1) is 20.6. The topological polar surface area (TPSA) is 79.6 Å². The van der Waals surface area contributed by atoms with Crippen LogP contribution in [0.2, 0.25) is 0 Å². The summed E-state index contributed by atoms with van der Waals surface area (Å²) in [6, 6.07) is 12.1. The van der Waals surface area contributed by atoms with Crippen molar-refractivity contribution in [1.82, 2.24) is 9.88 Å². The molecule has 2 aromatic carbocycles. The Morgan fingerprint density at radius 3 is 2.55 bits per heavy atom. The minimum atomic E-state index is -0.448. The van der Waals surface area contributed by atoms with Crippen LogP contribution in [0.25, 0.3) is 16.3 Å². The summed E-state index contributed by atoms with van der Waals surface area (Å²) in [5.74, 6) is -0.180. The highest BCUT2D eigenvalue weighted by atomic mass is 32.1. The van der Waals surface area contributed by atoms with Gasteiger partial charge in [-0.05, 0) is 62.5 Å². The van der Waals surface area contributed by atoms with Gasteiger partial charge in [-0.2, -0.15) is 0 Å². The fraction of sp³-hybridized carbons (Fsp3) is 0.238. The molecule has 0 aliphatic carbocycles. The van der Waals surface area contributed by atoms with Crippen LogP contribution in [0.3, 0.4) is 0 Å². The molecule has 1 amide bonds. The Morgan fingerprint density at radius 2 is 1.90 bits per heavy atom. The van der Waals surface area contributed by atoms with Crippen molar-refractivity contribution >= 4 is 44.4 Å². The smallest absolute Gasteiger partial charge is 0.269 e. The van der Waals surface area contributed by atoms with E-state index >= 15 is 0 Å².